The molecule has 0 heterocycles. The minimum absolute atomic E-state index is 0. The SMILES string of the molecule is Cc1cc[c-]cc1.Cc1cc[c-]cc1.Cc1cc[c-]cc1.[Ru+3]. The van der Waals surface area contributed by atoms with Gasteiger partial charge in [0.2, 0.25) is 0 Å². The molecular formula is C21H21Ru. The Bertz CT molecular complexity index is 485. The summed E-state index contributed by atoms with van der Waals surface area (Å²) in [5.41, 5.74) is 3.87. The van der Waals surface area contributed by atoms with E-state index in [2.05, 4.69) is 39.0 Å². The van der Waals surface area contributed by atoms with Gasteiger partial charge in [0, 0.05) is 0 Å². The van der Waals surface area contributed by atoms with Crippen molar-refractivity contribution >= 4 is 0 Å². The topological polar surface area (TPSA) is 0 Å². The van der Waals surface area contributed by atoms with Crippen molar-refractivity contribution in [2.75, 3.05) is 0 Å². The van der Waals surface area contributed by atoms with Crippen molar-refractivity contribution in [2.45, 2.75) is 20.8 Å². The maximum absolute atomic E-state index is 2.93. The van der Waals surface area contributed by atoms with Crippen LogP contribution in [0.5, 0.6) is 0 Å². The first-order chi connectivity index (χ1) is 10.2. The van der Waals surface area contributed by atoms with Crippen LogP contribution in [-0.4, -0.2) is 0 Å². The molecule has 1 radical (unpaired) electrons. The molecule has 0 atom stereocenters. The minimum Gasteiger partial charge on any atom is -0.184 e. The molecule has 0 fully saturated rings. The molecule has 0 aliphatic rings. The number of hydrogen-bond acceptors (Lipinski definition) is 0. The van der Waals surface area contributed by atoms with E-state index in [1.165, 1.54) is 16.7 Å². The van der Waals surface area contributed by atoms with Gasteiger partial charge in [-0.3, -0.25) is 0 Å². The Hall–Kier alpha value is -1.72. The molecule has 0 saturated carbocycles. The standard InChI is InChI=1S/3C7H7.Ru/c3*1-7-5-3-2-4-6-7;/h3*3-6H,1H3;/q3*-1;+3. The van der Waals surface area contributed by atoms with Gasteiger partial charge in [-0.05, 0) is 0 Å². The van der Waals surface area contributed by atoms with Crippen LogP contribution in [0.2, 0.25) is 0 Å². The van der Waals surface area contributed by atoms with Crippen molar-refractivity contribution in [2.24, 2.45) is 0 Å². The van der Waals surface area contributed by atoms with E-state index in [-0.39, 0.29) is 19.5 Å². The first-order valence-electron chi connectivity index (χ1n) is 6.96. The van der Waals surface area contributed by atoms with E-state index >= 15 is 0 Å². The molecule has 0 nitrogen and oxygen atoms in total. The Morgan fingerprint density at radius 1 is 0.455 bits per heavy atom. The van der Waals surface area contributed by atoms with Crippen molar-refractivity contribution in [3.05, 3.63) is 108 Å². The first kappa shape index (κ1) is 20.3. The number of rotatable bonds is 0. The molecular weight excluding hydrogens is 353 g/mol. The predicted molar refractivity (Wildman–Crippen MR) is 90.0 cm³/mol. The fourth-order valence-corrected chi connectivity index (χ4v) is 1.41. The summed E-state index contributed by atoms with van der Waals surface area (Å²) in [4.78, 5) is 0. The van der Waals surface area contributed by atoms with Gasteiger partial charge in [-0.2, -0.15) is 108 Å². The summed E-state index contributed by atoms with van der Waals surface area (Å²) >= 11 is 0. The Kier molecular flexibility index (Phi) is 12.0. The third kappa shape index (κ3) is 11.0. The maximum atomic E-state index is 2.93. The van der Waals surface area contributed by atoms with Gasteiger partial charge in [0.1, 0.15) is 0 Å². The Morgan fingerprint density at radius 2 is 0.636 bits per heavy atom. The zero-order valence-corrected chi connectivity index (χ0v) is 15.0. The molecule has 0 aliphatic carbocycles. The summed E-state index contributed by atoms with van der Waals surface area (Å²) in [6, 6.07) is 32.4. The van der Waals surface area contributed by atoms with Crippen molar-refractivity contribution in [1.29, 1.82) is 0 Å². The van der Waals surface area contributed by atoms with E-state index < -0.39 is 0 Å². The van der Waals surface area contributed by atoms with Gasteiger partial charge in [0.15, 0.2) is 0 Å². The van der Waals surface area contributed by atoms with E-state index in [4.69, 9.17) is 0 Å². The summed E-state index contributed by atoms with van der Waals surface area (Å²) in [5, 5.41) is 0. The second-order valence-corrected chi connectivity index (χ2v) is 4.73. The average molecular weight is 374 g/mol. The molecule has 0 bridgehead atoms. The van der Waals surface area contributed by atoms with Crippen LogP contribution < -0.4 is 0 Å². The van der Waals surface area contributed by atoms with E-state index in [1.807, 2.05) is 72.8 Å². The third-order valence-corrected chi connectivity index (χ3v) is 2.65. The van der Waals surface area contributed by atoms with Gasteiger partial charge < -0.3 is 0 Å². The molecule has 3 aromatic carbocycles. The van der Waals surface area contributed by atoms with Crippen LogP contribution >= 0.6 is 0 Å². The summed E-state index contributed by atoms with van der Waals surface area (Å²) in [7, 11) is 0. The van der Waals surface area contributed by atoms with E-state index in [0.29, 0.717) is 0 Å². The van der Waals surface area contributed by atoms with Crippen LogP contribution in [0, 0.1) is 39.0 Å². The van der Waals surface area contributed by atoms with Crippen LogP contribution in [0.4, 0.5) is 0 Å². The normalized spacial score (nSPS) is 8.32. The average Bonchev–Trinajstić information content (AvgIpc) is 2.51. The van der Waals surface area contributed by atoms with Crippen LogP contribution in [0.1, 0.15) is 16.7 Å². The maximum Gasteiger partial charge on any atom is 3.00 e. The zero-order valence-electron chi connectivity index (χ0n) is 13.3. The molecule has 113 valence electrons. The third-order valence-electron chi connectivity index (χ3n) is 2.65. The molecule has 22 heavy (non-hydrogen) atoms. The number of benzene rings is 3. The summed E-state index contributed by atoms with van der Waals surface area (Å²) < 4.78 is 0. The minimum atomic E-state index is 0. The van der Waals surface area contributed by atoms with Gasteiger partial charge >= 0.3 is 19.5 Å². The Labute approximate surface area is 148 Å². The number of hydrogen-bond donors (Lipinski definition) is 0. The monoisotopic (exact) mass is 375 g/mol. The zero-order chi connectivity index (χ0) is 15.3. The summed E-state index contributed by atoms with van der Waals surface area (Å²) in [5.74, 6) is 0. The molecule has 1 heteroatoms. The quantitative estimate of drug-likeness (QED) is 0.366. The fraction of sp³-hybridized carbons (Fsp3) is 0.143. The molecule has 0 aromatic heterocycles. The van der Waals surface area contributed by atoms with Crippen molar-refractivity contribution in [3.8, 4) is 0 Å². The Morgan fingerprint density at radius 3 is 0.727 bits per heavy atom. The van der Waals surface area contributed by atoms with Crippen LogP contribution in [0.3, 0.4) is 0 Å². The smallest absolute Gasteiger partial charge is 0.184 e. The van der Waals surface area contributed by atoms with Gasteiger partial charge in [-0.1, -0.05) is 20.8 Å². The summed E-state index contributed by atoms with van der Waals surface area (Å²) in [6.07, 6.45) is 0. The largest absolute Gasteiger partial charge is 3.00 e. The second kappa shape index (κ2) is 13.0. The fourth-order valence-electron chi connectivity index (χ4n) is 1.41. The van der Waals surface area contributed by atoms with Crippen LogP contribution in [-0.2, 0) is 19.5 Å². The molecule has 3 aromatic rings. The molecule has 0 saturated heterocycles. The van der Waals surface area contributed by atoms with E-state index in [9.17, 15) is 0 Å². The summed E-state index contributed by atoms with van der Waals surface area (Å²) in [6.45, 7) is 6.19. The van der Waals surface area contributed by atoms with Crippen molar-refractivity contribution < 1.29 is 19.5 Å². The number of aryl methyl sites for hydroxylation is 3. The predicted octanol–water partition coefficient (Wildman–Crippen LogP) is 5.38. The van der Waals surface area contributed by atoms with E-state index in [0.717, 1.165) is 0 Å². The second-order valence-electron chi connectivity index (χ2n) is 4.73. The first-order valence-corrected chi connectivity index (χ1v) is 6.96. The molecule has 0 amide bonds. The molecule has 0 unspecified atom stereocenters. The van der Waals surface area contributed by atoms with Gasteiger partial charge in [0.25, 0.3) is 0 Å². The van der Waals surface area contributed by atoms with Gasteiger partial charge in [0.05, 0.1) is 0 Å². The van der Waals surface area contributed by atoms with Crippen LogP contribution in [0.15, 0.2) is 72.8 Å². The van der Waals surface area contributed by atoms with Gasteiger partial charge in [-0.15, -0.1) is 0 Å². The molecule has 3 rings (SSSR count). The van der Waals surface area contributed by atoms with Crippen LogP contribution in [0.25, 0.3) is 0 Å². The molecule has 0 aliphatic heterocycles. The van der Waals surface area contributed by atoms with Crippen molar-refractivity contribution in [3.63, 3.8) is 0 Å². The van der Waals surface area contributed by atoms with Crippen molar-refractivity contribution in [1.82, 2.24) is 0 Å². The van der Waals surface area contributed by atoms with E-state index in [1.54, 1.807) is 0 Å². The molecule has 0 N–H and O–H groups in total. The van der Waals surface area contributed by atoms with Gasteiger partial charge in [-0.25, -0.2) is 0 Å². The molecule has 0 spiro atoms. The Balaban J connectivity index is 0.000000294.